The molecule has 0 spiro atoms. The van der Waals surface area contributed by atoms with Crippen LogP contribution in [-0.2, 0) is 14.2 Å². The second kappa shape index (κ2) is 6.81. The fourth-order valence-electron chi connectivity index (χ4n) is 2.04. The van der Waals surface area contributed by atoms with Crippen LogP contribution >= 0.6 is 0 Å². The molecule has 110 valence electrons. The summed E-state index contributed by atoms with van der Waals surface area (Å²) in [6.07, 6.45) is -3.10. The van der Waals surface area contributed by atoms with Crippen molar-refractivity contribution in [1.29, 1.82) is 0 Å². The van der Waals surface area contributed by atoms with Gasteiger partial charge in [0.25, 0.3) is 0 Å². The molecule has 6 nitrogen and oxygen atoms in total. The summed E-state index contributed by atoms with van der Waals surface area (Å²) in [4.78, 5) is 11.7. The van der Waals surface area contributed by atoms with Gasteiger partial charge in [-0.1, -0.05) is 18.2 Å². The molecule has 20 heavy (non-hydrogen) atoms. The maximum absolute atomic E-state index is 11.7. The van der Waals surface area contributed by atoms with E-state index in [1.807, 2.05) is 0 Å². The molecule has 1 saturated heterocycles. The molecule has 1 heterocycles. The zero-order valence-corrected chi connectivity index (χ0v) is 11.1. The molecule has 0 bridgehead atoms. The molecule has 1 aliphatic rings. The molecule has 0 aromatic heterocycles. The second-order valence-electron chi connectivity index (χ2n) is 4.61. The van der Waals surface area contributed by atoms with E-state index in [0.29, 0.717) is 5.56 Å². The van der Waals surface area contributed by atoms with Gasteiger partial charge in [0.2, 0.25) is 0 Å². The highest BCUT2D eigenvalue weighted by molar-refractivity contribution is 5.89. The Morgan fingerprint density at radius 3 is 2.70 bits per heavy atom. The molecule has 0 radical (unpaired) electrons. The van der Waals surface area contributed by atoms with Gasteiger partial charge >= 0.3 is 5.97 Å². The first-order valence-electron chi connectivity index (χ1n) is 6.38. The number of carbonyl (C=O) groups excluding carboxylic acids is 1. The van der Waals surface area contributed by atoms with Crippen LogP contribution in [0.4, 0.5) is 0 Å². The van der Waals surface area contributed by atoms with Gasteiger partial charge in [-0.15, -0.1) is 0 Å². The Hall–Kier alpha value is -1.47. The van der Waals surface area contributed by atoms with Crippen molar-refractivity contribution in [3.8, 4) is 0 Å². The van der Waals surface area contributed by atoms with Gasteiger partial charge in [-0.05, 0) is 12.1 Å². The Morgan fingerprint density at radius 1 is 1.35 bits per heavy atom. The quantitative estimate of drug-likeness (QED) is 0.774. The first kappa shape index (κ1) is 14.9. The highest BCUT2D eigenvalue weighted by Crippen LogP contribution is 2.21. The van der Waals surface area contributed by atoms with Gasteiger partial charge in [-0.25, -0.2) is 4.79 Å². The number of esters is 1. The molecular formula is C14H18O6. The lowest BCUT2D eigenvalue weighted by Crippen LogP contribution is -2.49. The number of benzene rings is 1. The van der Waals surface area contributed by atoms with Gasteiger partial charge in [-0.3, -0.25) is 0 Å². The van der Waals surface area contributed by atoms with Gasteiger partial charge < -0.3 is 24.4 Å². The third-order valence-corrected chi connectivity index (χ3v) is 3.23. The summed E-state index contributed by atoms with van der Waals surface area (Å²) in [7, 11) is 1.43. The average Bonchev–Trinajstić information content (AvgIpc) is 2.48. The van der Waals surface area contributed by atoms with Crippen LogP contribution in [0.15, 0.2) is 30.3 Å². The molecule has 2 N–H and O–H groups in total. The summed E-state index contributed by atoms with van der Waals surface area (Å²) < 4.78 is 15.2. The van der Waals surface area contributed by atoms with Gasteiger partial charge in [0, 0.05) is 13.5 Å². The number of ether oxygens (including phenoxy) is 3. The van der Waals surface area contributed by atoms with Crippen molar-refractivity contribution >= 4 is 5.97 Å². The van der Waals surface area contributed by atoms with Crippen molar-refractivity contribution in [2.24, 2.45) is 0 Å². The fourth-order valence-corrected chi connectivity index (χ4v) is 2.04. The summed E-state index contributed by atoms with van der Waals surface area (Å²) in [6, 6.07) is 8.53. The molecule has 0 amide bonds. The predicted octanol–water partition coefficient (Wildman–Crippen LogP) is 0.327. The van der Waals surface area contributed by atoms with Crippen LogP contribution < -0.4 is 0 Å². The Bertz CT molecular complexity index is 435. The van der Waals surface area contributed by atoms with Crippen LogP contribution in [0.1, 0.15) is 16.8 Å². The minimum absolute atomic E-state index is 0.123. The fraction of sp³-hybridized carbons (Fsp3) is 0.500. The molecule has 2 rings (SSSR count). The lowest BCUT2D eigenvalue weighted by molar-refractivity contribution is -0.256. The summed E-state index contributed by atoms with van der Waals surface area (Å²) in [5, 5.41) is 19.5. The van der Waals surface area contributed by atoms with E-state index in [1.54, 1.807) is 30.3 Å². The van der Waals surface area contributed by atoms with Gasteiger partial charge in [0.05, 0.1) is 11.7 Å². The zero-order valence-electron chi connectivity index (χ0n) is 11.1. The summed E-state index contributed by atoms with van der Waals surface area (Å²) in [6.45, 7) is -0.123. The molecule has 1 fully saturated rings. The second-order valence-corrected chi connectivity index (χ2v) is 4.61. The third kappa shape index (κ3) is 3.55. The molecular weight excluding hydrogens is 264 g/mol. The lowest BCUT2D eigenvalue weighted by atomic mass is 10.0. The monoisotopic (exact) mass is 282 g/mol. The maximum Gasteiger partial charge on any atom is 0.338 e. The van der Waals surface area contributed by atoms with E-state index in [0.717, 1.165) is 0 Å². The molecule has 1 aromatic carbocycles. The van der Waals surface area contributed by atoms with Gasteiger partial charge in [0.15, 0.2) is 6.29 Å². The molecule has 6 heteroatoms. The van der Waals surface area contributed by atoms with E-state index < -0.39 is 30.6 Å². The minimum Gasteiger partial charge on any atom is -0.459 e. The number of methoxy groups -OCH3 is 1. The van der Waals surface area contributed by atoms with Crippen molar-refractivity contribution in [1.82, 2.24) is 0 Å². The van der Waals surface area contributed by atoms with Crippen molar-refractivity contribution in [2.45, 2.75) is 31.0 Å². The van der Waals surface area contributed by atoms with Crippen LogP contribution in [0.2, 0.25) is 0 Å². The van der Waals surface area contributed by atoms with E-state index in [-0.39, 0.29) is 13.0 Å². The zero-order chi connectivity index (χ0) is 14.5. The predicted molar refractivity (Wildman–Crippen MR) is 69.0 cm³/mol. The number of hydrogen-bond donors (Lipinski definition) is 2. The van der Waals surface area contributed by atoms with E-state index in [4.69, 9.17) is 14.2 Å². The normalized spacial score (nSPS) is 29.9. The highest BCUT2D eigenvalue weighted by Gasteiger charge is 2.37. The van der Waals surface area contributed by atoms with Gasteiger partial charge in [-0.2, -0.15) is 0 Å². The standard InChI is InChI=1S/C14H18O6/c1-18-11-7-10(15)12(20-14(11)17)8-19-13(16)9-5-3-2-4-6-9/h2-6,10-12,14-15,17H,7-8H2,1H3/t10?,11?,12-,14+/m1/s1. The van der Waals surface area contributed by atoms with Crippen molar-refractivity contribution < 1.29 is 29.2 Å². The molecule has 4 atom stereocenters. The number of aliphatic hydroxyl groups is 2. The first-order valence-corrected chi connectivity index (χ1v) is 6.38. The summed E-state index contributed by atoms with van der Waals surface area (Å²) in [5.41, 5.74) is 0.424. The van der Waals surface area contributed by atoms with E-state index >= 15 is 0 Å². The van der Waals surface area contributed by atoms with Crippen molar-refractivity contribution in [2.75, 3.05) is 13.7 Å². The number of carbonyl (C=O) groups is 1. The SMILES string of the molecule is COC1CC(O)[C@@H](COC(=O)c2ccccc2)O[C@@H]1O. The maximum atomic E-state index is 11.7. The first-order chi connectivity index (χ1) is 9.61. The van der Waals surface area contributed by atoms with Crippen molar-refractivity contribution in [3.63, 3.8) is 0 Å². The topological polar surface area (TPSA) is 85.2 Å². The van der Waals surface area contributed by atoms with Crippen LogP contribution in [0, 0.1) is 0 Å². The van der Waals surface area contributed by atoms with Crippen molar-refractivity contribution in [3.05, 3.63) is 35.9 Å². The Balaban J connectivity index is 1.86. The molecule has 0 aliphatic carbocycles. The minimum atomic E-state index is -1.14. The number of aliphatic hydroxyl groups excluding tert-OH is 2. The molecule has 1 aliphatic heterocycles. The van der Waals surface area contributed by atoms with E-state index in [2.05, 4.69) is 0 Å². The average molecular weight is 282 g/mol. The smallest absolute Gasteiger partial charge is 0.338 e. The largest absolute Gasteiger partial charge is 0.459 e. The Labute approximate surface area is 116 Å². The Morgan fingerprint density at radius 2 is 2.05 bits per heavy atom. The van der Waals surface area contributed by atoms with Crippen LogP contribution in [0.3, 0.4) is 0 Å². The highest BCUT2D eigenvalue weighted by atomic mass is 16.7. The van der Waals surface area contributed by atoms with Crippen LogP contribution in [0.5, 0.6) is 0 Å². The Kier molecular flexibility index (Phi) is 5.08. The molecule has 2 unspecified atom stereocenters. The van der Waals surface area contributed by atoms with Crippen LogP contribution in [-0.4, -0.2) is 54.5 Å². The van der Waals surface area contributed by atoms with Crippen LogP contribution in [0.25, 0.3) is 0 Å². The van der Waals surface area contributed by atoms with E-state index in [9.17, 15) is 15.0 Å². The van der Waals surface area contributed by atoms with E-state index in [1.165, 1.54) is 7.11 Å². The number of hydrogen-bond acceptors (Lipinski definition) is 6. The lowest BCUT2D eigenvalue weighted by Gasteiger charge is -2.35. The third-order valence-electron chi connectivity index (χ3n) is 3.23. The summed E-state index contributed by atoms with van der Waals surface area (Å²) in [5.74, 6) is -0.496. The number of rotatable bonds is 4. The molecule has 0 saturated carbocycles. The molecule has 1 aromatic rings. The van der Waals surface area contributed by atoms with Gasteiger partial charge in [0.1, 0.15) is 18.8 Å². The summed E-state index contributed by atoms with van der Waals surface area (Å²) >= 11 is 0.